The lowest BCUT2D eigenvalue weighted by Crippen LogP contribution is -2.34. The maximum absolute atomic E-state index is 12.3. The maximum atomic E-state index is 12.3. The average Bonchev–Trinajstić information content (AvgIpc) is 2.89. The Morgan fingerprint density at radius 1 is 1.26 bits per heavy atom. The van der Waals surface area contributed by atoms with Crippen LogP contribution in [0.2, 0.25) is 9.36 Å². The molecule has 0 saturated heterocycles. The zero-order valence-electron chi connectivity index (χ0n) is 12.3. The van der Waals surface area contributed by atoms with Gasteiger partial charge in [-0.05, 0) is 36.8 Å². The van der Waals surface area contributed by atoms with E-state index in [1.54, 1.807) is 18.2 Å². The van der Waals surface area contributed by atoms with E-state index in [0.717, 1.165) is 21.2 Å². The molecule has 0 radical (unpaired) electrons. The summed E-state index contributed by atoms with van der Waals surface area (Å²) in [7, 11) is -2.42. The monoisotopic (exact) mass is 392 g/mol. The van der Waals surface area contributed by atoms with Crippen molar-refractivity contribution in [3.05, 3.63) is 45.3 Å². The number of hydrogen-bond donors (Lipinski definition) is 1. The number of benzene rings is 1. The number of amides is 1. The minimum Gasteiger partial charge on any atom is -0.324 e. The smallest absolute Gasteiger partial charge is 0.252 e. The Morgan fingerprint density at radius 2 is 1.96 bits per heavy atom. The first-order valence-corrected chi connectivity index (χ1v) is 9.49. The summed E-state index contributed by atoms with van der Waals surface area (Å²) < 4.78 is 26.1. The fourth-order valence-electron chi connectivity index (χ4n) is 1.79. The fourth-order valence-corrected chi connectivity index (χ4v) is 4.89. The summed E-state index contributed by atoms with van der Waals surface area (Å²) in [6.45, 7) is 1.55. The van der Waals surface area contributed by atoms with Crippen molar-refractivity contribution in [1.82, 2.24) is 4.31 Å². The third-order valence-electron chi connectivity index (χ3n) is 2.98. The molecule has 9 heteroatoms. The molecule has 0 saturated carbocycles. The molecule has 0 aliphatic rings. The highest BCUT2D eigenvalue weighted by molar-refractivity contribution is 7.91. The van der Waals surface area contributed by atoms with Gasteiger partial charge >= 0.3 is 0 Å². The van der Waals surface area contributed by atoms with Crippen molar-refractivity contribution in [2.24, 2.45) is 0 Å². The lowest BCUT2D eigenvalue weighted by molar-refractivity contribution is -0.116. The number of anilines is 1. The van der Waals surface area contributed by atoms with E-state index in [1.165, 1.54) is 19.2 Å². The molecule has 1 amide bonds. The van der Waals surface area contributed by atoms with Gasteiger partial charge < -0.3 is 5.32 Å². The third kappa shape index (κ3) is 4.45. The number of thiophene rings is 1. The topological polar surface area (TPSA) is 66.5 Å². The summed E-state index contributed by atoms with van der Waals surface area (Å²) in [5, 5.41) is 2.99. The van der Waals surface area contributed by atoms with Gasteiger partial charge in [0.2, 0.25) is 5.91 Å². The van der Waals surface area contributed by atoms with Crippen LogP contribution in [-0.2, 0) is 14.8 Å². The second-order valence-electron chi connectivity index (χ2n) is 4.85. The molecule has 23 heavy (non-hydrogen) atoms. The summed E-state index contributed by atoms with van der Waals surface area (Å²) in [6, 6.07) is 8.09. The average molecular weight is 393 g/mol. The molecule has 1 aromatic carbocycles. The van der Waals surface area contributed by atoms with Crippen molar-refractivity contribution in [2.75, 3.05) is 18.9 Å². The van der Waals surface area contributed by atoms with Crippen molar-refractivity contribution in [1.29, 1.82) is 0 Å². The second-order valence-corrected chi connectivity index (χ2v) is 9.25. The zero-order chi connectivity index (χ0) is 17.2. The van der Waals surface area contributed by atoms with Crippen molar-refractivity contribution in [3.63, 3.8) is 0 Å². The Bertz CT molecular complexity index is 834. The lowest BCUT2D eigenvalue weighted by Gasteiger charge is -2.16. The van der Waals surface area contributed by atoms with Crippen LogP contribution in [0.25, 0.3) is 0 Å². The van der Waals surface area contributed by atoms with Crippen LogP contribution in [0.4, 0.5) is 5.69 Å². The normalized spacial score (nSPS) is 11.7. The van der Waals surface area contributed by atoms with Gasteiger partial charge in [-0.3, -0.25) is 4.79 Å². The number of nitrogens with zero attached hydrogens (tertiary/aromatic N) is 1. The first-order valence-electron chi connectivity index (χ1n) is 6.48. The number of sulfonamides is 1. The molecule has 0 unspecified atom stereocenters. The standard InChI is InChI=1S/C14H14Cl2N2O3S2/c1-9-3-4-11(10(15)7-9)17-13(19)8-18(2)23(20,21)14-6-5-12(16)22-14/h3-7H,8H2,1-2H3,(H,17,19). The van der Waals surface area contributed by atoms with Gasteiger partial charge in [0.25, 0.3) is 10.0 Å². The molecule has 0 spiro atoms. The molecular weight excluding hydrogens is 379 g/mol. The van der Waals surface area contributed by atoms with Gasteiger partial charge in [-0.25, -0.2) is 8.42 Å². The van der Waals surface area contributed by atoms with Crippen LogP contribution >= 0.6 is 34.5 Å². The Balaban J connectivity index is 2.07. The molecular formula is C14H14Cl2N2O3S2. The van der Waals surface area contributed by atoms with E-state index in [4.69, 9.17) is 23.2 Å². The van der Waals surface area contributed by atoms with E-state index >= 15 is 0 Å². The fraction of sp³-hybridized carbons (Fsp3) is 0.214. The van der Waals surface area contributed by atoms with Gasteiger partial charge in [-0.1, -0.05) is 29.3 Å². The number of likely N-dealkylation sites (N-methyl/N-ethyl adjacent to an activating group) is 1. The van der Waals surface area contributed by atoms with Crippen molar-refractivity contribution >= 4 is 56.2 Å². The van der Waals surface area contributed by atoms with Crippen LogP contribution in [0.15, 0.2) is 34.5 Å². The number of carbonyl (C=O) groups excluding carboxylic acids is 1. The highest BCUT2D eigenvalue weighted by Gasteiger charge is 2.24. The molecule has 124 valence electrons. The Kier molecular flexibility index (Phi) is 5.70. The van der Waals surface area contributed by atoms with Crippen LogP contribution in [0, 0.1) is 6.92 Å². The largest absolute Gasteiger partial charge is 0.324 e. The number of halogens is 2. The van der Waals surface area contributed by atoms with Crippen LogP contribution in [0.1, 0.15) is 5.56 Å². The zero-order valence-corrected chi connectivity index (χ0v) is 15.5. The summed E-state index contributed by atoms with van der Waals surface area (Å²) in [5.74, 6) is -0.482. The number of carbonyl (C=O) groups is 1. The van der Waals surface area contributed by atoms with E-state index in [-0.39, 0.29) is 10.8 Å². The summed E-state index contributed by atoms with van der Waals surface area (Å²) in [6.07, 6.45) is 0. The molecule has 0 aliphatic carbocycles. The molecule has 2 aromatic rings. The highest BCUT2D eigenvalue weighted by Crippen LogP contribution is 2.27. The quantitative estimate of drug-likeness (QED) is 0.844. The second kappa shape index (κ2) is 7.19. The van der Waals surface area contributed by atoms with Gasteiger partial charge in [0.05, 0.1) is 21.6 Å². The molecule has 1 N–H and O–H groups in total. The molecule has 1 aromatic heterocycles. The van der Waals surface area contributed by atoms with Crippen molar-refractivity contribution in [2.45, 2.75) is 11.1 Å². The predicted molar refractivity (Wildman–Crippen MR) is 94.0 cm³/mol. The molecule has 1 heterocycles. The van der Waals surface area contributed by atoms with Crippen LogP contribution < -0.4 is 5.32 Å². The van der Waals surface area contributed by atoms with Gasteiger partial charge in [-0.2, -0.15) is 4.31 Å². The van der Waals surface area contributed by atoms with Crippen molar-refractivity contribution < 1.29 is 13.2 Å². The minimum atomic E-state index is -3.75. The predicted octanol–water partition coefficient (Wildman–Crippen LogP) is 3.62. The van der Waals surface area contributed by atoms with E-state index in [0.29, 0.717) is 15.0 Å². The SMILES string of the molecule is Cc1ccc(NC(=O)CN(C)S(=O)(=O)c2ccc(Cl)s2)c(Cl)c1. The van der Waals surface area contributed by atoms with Crippen LogP contribution in [-0.4, -0.2) is 32.2 Å². The first-order chi connectivity index (χ1) is 10.7. The summed E-state index contributed by atoms with van der Waals surface area (Å²) in [4.78, 5) is 12.0. The van der Waals surface area contributed by atoms with Gasteiger partial charge in [0, 0.05) is 7.05 Å². The van der Waals surface area contributed by atoms with Gasteiger partial charge in [0.15, 0.2) is 0 Å². The molecule has 5 nitrogen and oxygen atoms in total. The molecule has 0 fully saturated rings. The minimum absolute atomic E-state index is 0.0890. The Hall–Kier alpha value is -1.12. The van der Waals surface area contributed by atoms with E-state index in [9.17, 15) is 13.2 Å². The summed E-state index contributed by atoms with van der Waals surface area (Å²) in [5.41, 5.74) is 1.40. The number of aryl methyl sites for hydroxylation is 1. The molecule has 0 aliphatic heterocycles. The van der Waals surface area contributed by atoms with Gasteiger partial charge in [0.1, 0.15) is 4.21 Å². The Labute approximate surface area is 148 Å². The number of nitrogens with one attached hydrogen (secondary N) is 1. The molecule has 2 rings (SSSR count). The molecule has 0 bridgehead atoms. The maximum Gasteiger partial charge on any atom is 0.252 e. The van der Waals surface area contributed by atoms with E-state index in [1.807, 2.05) is 6.92 Å². The number of hydrogen-bond acceptors (Lipinski definition) is 4. The van der Waals surface area contributed by atoms with Gasteiger partial charge in [-0.15, -0.1) is 11.3 Å². The van der Waals surface area contributed by atoms with Crippen LogP contribution in [0.5, 0.6) is 0 Å². The Morgan fingerprint density at radius 3 is 2.52 bits per heavy atom. The lowest BCUT2D eigenvalue weighted by atomic mass is 10.2. The van der Waals surface area contributed by atoms with Crippen LogP contribution in [0.3, 0.4) is 0 Å². The first kappa shape index (κ1) is 18.2. The summed E-state index contributed by atoms with van der Waals surface area (Å²) >= 11 is 12.7. The molecule has 0 atom stereocenters. The van der Waals surface area contributed by atoms with E-state index in [2.05, 4.69) is 5.32 Å². The number of rotatable bonds is 5. The highest BCUT2D eigenvalue weighted by atomic mass is 35.5. The van der Waals surface area contributed by atoms with E-state index < -0.39 is 15.9 Å². The third-order valence-corrected chi connectivity index (χ3v) is 6.79. The van der Waals surface area contributed by atoms with Crippen molar-refractivity contribution in [3.8, 4) is 0 Å².